The van der Waals surface area contributed by atoms with Gasteiger partial charge in [-0.25, -0.2) is 4.68 Å². The Bertz CT molecular complexity index is 1200. The molecule has 0 saturated heterocycles. The lowest BCUT2D eigenvalue weighted by Gasteiger charge is -2.19. The van der Waals surface area contributed by atoms with Crippen LogP contribution in [0.15, 0.2) is 48.7 Å². The van der Waals surface area contributed by atoms with Gasteiger partial charge in [0.2, 0.25) is 0 Å². The number of halogens is 3. The van der Waals surface area contributed by atoms with Crippen molar-refractivity contribution in [3.63, 3.8) is 0 Å². The predicted molar refractivity (Wildman–Crippen MR) is 110 cm³/mol. The van der Waals surface area contributed by atoms with E-state index in [9.17, 15) is 22.8 Å². The summed E-state index contributed by atoms with van der Waals surface area (Å²) in [4.78, 5) is 24.1. The average molecular weight is 444 g/mol. The molecular formula is C22H19F3N4O3. The highest BCUT2D eigenvalue weighted by atomic mass is 19.4. The van der Waals surface area contributed by atoms with Crippen molar-refractivity contribution in [3.05, 3.63) is 71.0 Å². The lowest BCUT2D eigenvalue weighted by Crippen LogP contribution is -2.28. The van der Waals surface area contributed by atoms with Gasteiger partial charge >= 0.3 is 6.18 Å². The number of benzene rings is 2. The van der Waals surface area contributed by atoms with E-state index >= 15 is 0 Å². The number of hydrogen-bond donors (Lipinski definition) is 2. The number of carbonyl (C=O) groups is 2. The molecule has 2 N–H and O–H groups in total. The first-order chi connectivity index (χ1) is 15.1. The molecule has 4 rings (SSSR count). The van der Waals surface area contributed by atoms with Gasteiger partial charge in [-0.2, -0.15) is 18.3 Å². The van der Waals surface area contributed by atoms with Crippen LogP contribution in [0.4, 0.5) is 18.9 Å². The molecule has 3 aromatic rings. The van der Waals surface area contributed by atoms with Crippen LogP contribution in [0.1, 0.15) is 40.1 Å². The Labute approximate surface area is 181 Å². The molecule has 2 aromatic carbocycles. The van der Waals surface area contributed by atoms with Crippen LogP contribution in [-0.4, -0.2) is 28.2 Å². The lowest BCUT2D eigenvalue weighted by molar-refractivity contribution is -0.137. The highest BCUT2D eigenvalue weighted by Gasteiger charge is 2.31. The van der Waals surface area contributed by atoms with E-state index in [1.807, 2.05) is 0 Å². The monoisotopic (exact) mass is 444 g/mol. The summed E-state index contributed by atoms with van der Waals surface area (Å²) in [6.45, 7) is 3.36. The Kier molecular flexibility index (Phi) is 5.37. The van der Waals surface area contributed by atoms with Crippen LogP contribution in [0.3, 0.4) is 0 Å². The number of rotatable bonds is 4. The van der Waals surface area contributed by atoms with Gasteiger partial charge in [0.25, 0.3) is 11.8 Å². The summed E-state index contributed by atoms with van der Waals surface area (Å²) in [5, 5.41) is 9.72. The van der Waals surface area contributed by atoms with E-state index in [2.05, 4.69) is 15.7 Å². The van der Waals surface area contributed by atoms with Crippen LogP contribution in [0, 0.1) is 6.92 Å². The topological polar surface area (TPSA) is 85.2 Å². The van der Waals surface area contributed by atoms with E-state index < -0.39 is 17.8 Å². The van der Waals surface area contributed by atoms with Gasteiger partial charge in [-0.1, -0.05) is 6.07 Å². The first kappa shape index (κ1) is 21.4. The van der Waals surface area contributed by atoms with E-state index in [0.29, 0.717) is 28.3 Å². The number of nitrogens with one attached hydrogen (secondary N) is 2. The number of fused-ring (bicyclic) bond motifs is 1. The second-order valence-electron chi connectivity index (χ2n) is 7.39. The molecule has 2 heterocycles. The quantitative estimate of drug-likeness (QED) is 0.637. The number of alkyl halides is 3. The fourth-order valence-electron chi connectivity index (χ4n) is 3.50. The second kappa shape index (κ2) is 8.03. The summed E-state index contributed by atoms with van der Waals surface area (Å²) >= 11 is 0. The van der Waals surface area contributed by atoms with Gasteiger partial charge in [0.1, 0.15) is 5.75 Å². The molecule has 0 saturated carbocycles. The zero-order valence-electron chi connectivity index (χ0n) is 17.2. The molecule has 2 amide bonds. The lowest BCUT2D eigenvalue weighted by atomic mass is 10.1. The number of aromatic nitrogens is 2. The SMILES string of the molecule is Cc1c([C@@H](C)NC(=O)c2ccc3c(c2)OCC(=O)N3)cnn1-c1cccc(C(F)(F)F)c1. The van der Waals surface area contributed by atoms with E-state index in [0.717, 1.165) is 12.1 Å². The Hall–Kier alpha value is -3.82. The highest BCUT2D eigenvalue weighted by Crippen LogP contribution is 2.31. The molecule has 1 aromatic heterocycles. The minimum Gasteiger partial charge on any atom is -0.482 e. The van der Waals surface area contributed by atoms with Crippen LogP contribution in [0.25, 0.3) is 5.69 Å². The minimum absolute atomic E-state index is 0.123. The van der Waals surface area contributed by atoms with Gasteiger partial charge in [-0.3, -0.25) is 9.59 Å². The fraction of sp³-hybridized carbons (Fsp3) is 0.227. The van der Waals surface area contributed by atoms with Gasteiger partial charge in [0.05, 0.1) is 29.2 Å². The third-order valence-corrected chi connectivity index (χ3v) is 5.16. The number of amides is 2. The summed E-state index contributed by atoms with van der Waals surface area (Å²) in [5.74, 6) is -0.234. The first-order valence-corrected chi connectivity index (χ1v) is 9.73. The molecule has 7 nitrogen and oxygen atoms in total. The Morgan fingerprint density at radius 2 is 2.03 bits per heavy atom. The maximum Gasteiger partial charge on any atom is 0.416 e. The third kappa shape index (κ3) is 4.16. The second-order valence-corrected chi connectivity index (χ2v) is 7.39. The Morgan fingerprint density at radius 1 is 1.25 bits per heavy atom. The zero-order chi connectivity index (χ0) is 23.0. The van der Waals surface area contributed by atoms with Crippen molar-refractivity contribution in [1.29, 1.82) is 0 Å². The summed E-state index contributed by atoms with van der Waals surface area (Å²) in [6.07, 6.45) is -2.94. The maximum absolute atomic E-state index is 13.0. The third-order valence-electron chi connectivity index (χ3n) is 5.16. The van der Waals surface area contributed by atoms with Crippen molar-refractivity contribution in [2.45, 2.75) is 26.1 Å². The minimum atomic E-state index is -4.46. The molecule has 0 radical (unpaired) electrons. The Morgan fingerprint density at radius 3 is 2.78 bits per heavy atom. The van der Waals surface area contributed by atoms with Crippen molar-refractivity contribution < 1.29 is 27.5 Å². The smallest absolute Gasteiger partial charge is 0.416 e. The summed E-state index contributed by atoms with van der Waals surface area (Å²) in [7, 11) is 0. The van der Waals surface area contributed by atoms with Crippen molar-refractivity contribution in [2.75, 3.05) is 11.9 Å². The molecule has 1 atom stereocenters. The molecule has 32 heavy (non-hydrogen) atoms. The summed E-state index contributed by atoms with van der Waals surface area (Å²) in [5.41, 5.74) is 1.61. The number of nitrogens with zero attached hydrogens (tertiary/aromatic N) is 2. The Balaban J connectivity index is 1.53. The zero-order valence-corrected chi connectivity index (χ0v) is 17.2. The van der Waals surface area contributed by atoms with Crippen LogP contribution >= 0.6 is 0 Å². The van der Waals surface area contributed by atoms with E-state index in [4.69, 9.17) is 4.74 Å². The number of anilines is 1. The largest absolute Gasteiger partial charge is 0.482 e. The van der Waals surface area contributed by atoms with Crippen LogP contribution in [0.5, 0.6) is 5.75 Å². The van der Waals surface area contributed by atoms with Crippen molar-refractivity contribution in [3.8, 4) is 11.4 Å². The molecule has 0 aliphatic carbocycles. The maximum atomic E-state index is 13.0. The van der Waals surface area contributed by atoms with Crippen molar-refractivity contribution >= 4 is 17.5 Å². The van der Waals surface area contributed by atoms with Crippen molar-refractivity contribution in [1.82, 2.24) is 15.1 Å². The molecule has 0 fully saturated rings. The van der Waals surface area contributed by atoms with Crippen LogP contribution < -0.4 is 15.4 Å². The molecule has 0 unspecified atom stereocenters. The molecule has 166 valence electrons. The molecular weight excluding hydrogens is 425 g/mol. The van der Waals surface area contributed by atoms with Crippen LogP contribution in [-0.2, 0) is 11.0 Å². The van der Waals surface area contributed by atoms with Gasteiger partial charge in [-0.15, -0.1) is 0 Å². The average Bonchev–Trinajstić information content (AvgIpc) is 3.14. The predicted octanol–water partition coefficient (Wildman–Crippen LogP) is 4.02. The van der Waals surface area contributed by atoms with E-state index in [-0.39, 0.29) is 24.1 Å². The van der Waals surface area contributed by atoms with Crippen LogP contribution in [0.2, 0.25) is 0 Å². The van der Waals surface area contributed by atoms with Gasteiger partial charge in [0.15, 0.2) is 6.61 Å². The molecule has 0 bridgehead atoms. The van der Waals surface area contributed by atoms with Crippen molar-refractivity contribution in [2.24, 2.45) is 0 Å². The normalized spacial score (nSPS) is 14.2. The number of carbonyl (C=O) groups excluding carboxylic acids is 2. The number of hydrogen-bond acceptors (Lipinski definition) is 4. The first-order valence-electron chi connectivity index (χ1n) is 9.73. The molecule has 1 aliphatic rings. The van der Waals surface area contributed by atoms with Gasteiger partial charge in [-0.05, 0) is 50.2 Å². The summed E-state index contributed by atoms with van der Waals surface area (Å²) < 4.78 is 45.9. The number of ether oxygens (including phenoxy) is 1. The van der Waals surface area contributed by atoms with Gasteiger partial charge in [0, 0.05) is 16.8 Å². The standard InChI is InChI=1S/C22H19F3N4O3/c1-12(27-21(31)14-6-7-18-19(8-14)32-11-20(30)28-18)17-10-26-29(13(17)2)16-5-3-4-15(9-16)22(23,24)25/h3-10,12H,11H2,1-2H3,(H,27,31)(H,28,30)/t12-/m1/s1. The summed E-state index contributed by atoms with van der Waals surface area (Å²) in [6, 6.07) is 9.11. The van der Waals surface area contributed by atoms with Gasteiger partial charge < -0.3 is 15.4 Å². The highest BCUT2D eigenvalue weighted by molar-refractivity contribution is 5.99. The fourth-order valence-corrected chi connectivity index (χ4v) is 3.50. The molecule has 1 aliphatic heterocycles. The molecule has 10 heteroatoms. The van der Waals surface area contributed by atoms with E-state index in [1.165, 1.54) is 29.1 Å². The van der Waals surface area contributed by atoms with E-state index in [1.54, 1.807) is 26.0 Å². The molecule has 0 spiro atoms.